The molecular formula is C21H19N5O2. The van der Waals surface area contributed by atoms with E-state index in [4.69, 9.17) is 14.5 Å². The van der Waals surface area contributed by atoms with Gasteiger partial charge in [0.25, 0.3) is 0 Å². The molecule has 4 heterocycles. The number of fused-ring (bicyclic) bond motifs is 2. The number of hydrogen-bond acceptors (Lipinski definition) is 7. The molecule has 0 bridgehead atoms. The summed E-state index contributed by atoms with van der Waals surface area (Å²) in [5.41, 5.74) is 2.62. The van der Waals surface area contributed by atoms with E-state index >= 15 is 0 Å². The molecule has 2 aliphatic rings. The van der Waals surface area contributed by atoms with E-state index in [-0.39, 0.29) is 6.79 Å². The SMILES string of the molecule is N#Cc1cc2cc3c(cc2nc1N1CCN(Cc2cccnc2)CC1)OCO3. The Bertz CT molecular complexity index is 1060. The Labute approximate surface area is 162 Å². The minimum absolute atomic E-state index is 0.225. The van der Waals surface area contributed by atoms with Gasteiger partial charge in [-0.25, -0.2) is 4.98 Å². The summed E-state index contributed by atoms with van der Waals surface area (Å²) in [6, 6.07) is 12.0. The zero-order valence-corrected chi connectivity index (χ0v) is 15.3. The summed E-state index contributed by atoms with van der Waals surface area (Å²) in [5, 5.41) is 10.5. The average Bonchev–Trinajstić information content (AvgIpc) is 3.19. The summed E-state index contributed by atoms with van der Waals surface area (Å²) in [7, 11) is 0. The number of rotatable bonds is 3. The van der Waals surface area contributed by atoms with Crippen LogP contribution in [-0.2, 0) is 6.54 Å². The quantitative estimate of drug-likeness (QED) is 0.698. The van der Waals surface area contributed by atoms with Crippen molar-refractivity contribution < 1.29 is 9.47 Å². The highest BCUT2D eigenvalue weighted by Gasteiger charge is 2.22. The minimum Gasteiger partial charge on any atom is -0.454 e. The van der Waals surface area contributed by atoms with E-state index in [2.05, 4.69) is 26.9 Å². The molecule has 0 saturated carbocycles. The van der Waals surface area contributed by atoms with Crippen LogP contribution in [0.3, 0.4) is 0 Å². The van der Waals surface area contributed by atoms with Crippen LogP contribution in [0.5, 0.6) is 11.5 Å². The number of hydrogen-bond donors (Lipinski definition) is 0. The maximum absolute atomic E-state index is 9.66. The van der Waals surface area contributed by atoms with Gasteiger partial charge in [-0.15, -0.1) is 0 Å². The Morgan fingerprint density at radius 1 is 1.07 bits per heavy atom. The van der Waals surface area contributed by atoms with Gasteiger partial charge in [-0.05, 0) is 23.8 Å². The Morgan fingerprint density at radius 2 is 1.89 bits per heavy atom. The maximum Gasteiger partial charge on any atom is 0.231 e. The standard InChI is InChI=1S/C21H19N5O2/c22-11-17-8-16-9-19-20(28-14-27-19)10-18(16)24-21(17)26-6-4-25(5-7-26)13-15-2-1-3-23-12-15/h1-3,8-10,12H,4-7,13-14H2. The first-order chi connectivity index (χ1) is 13.8. The molecule has 28 heavy (non-hydrogen) atoms. The van der Waals surface area contributed by atoms with Crippen molar-refractivity contribution in [3.63, 3.8) is 0 Å². The van der Waals surface area contributed by atoms with Crippen LogP contribution in [0.25, 0.3) is 10.9 Å². The zero-order chi connectivity index (χ0) is 18.9. The molecule has 0 atom stereocenters. The van der Waals surface area contributed by atoms with Gasteiger partial charge < -0.3 is 14.4 Å². The average molecular weight is 373 g/mol. The second-order valence-electron chi connectivity index (χ2n) is 6.99. The van der Waals surface area contributed by atoms with Gasteiger partial charge >= 0.3 is 0 Å². The van der Waals surface area contributed by atoms with Crippen LogP contribution >= 0.6 is 0 Å². The summed E-state index contributed by atoms with van der Waals surface area (Å²) in [6.07, 6.45) is 3.71. The van der Waals surface area contributed by atoms with Crippen LogP contribution < -0.4 is 14.4 Å². The summed E-state index contributed by atoms with van der Waals surface area (Å²) < 4.78 is 10.9. The van der Waals surface area contributed by atoms with Gasteiger partial charge in [-0.1, -0.05) is 6.07 Å². The molecule has 0 spiro atoms. The molecule has 2 aromatic heterocycles. The van der Waals surface area contributed by atoms with E-state index in [1.807, 2.05) is 30.5 Å². The second kappa shape index (κ2) is 6.98. The van der Waals surface area contributed by atoms with E-state index in [1.165, 1.54) is 5.56 Å². The summed E-state index contributed by atoms with van der Waals surface area (Å²) in [6.45, 7) is 4.61. The Morgan fingerprint density at radius 3 is 2.64 bits per heavy atom. The predicted octanol–water partition coefficient (Wildman–Crippen LogP) is 2.55. The molecule has 7 nitrogen and oxygen atoms in total. The summed E-state index contributed by atoms with van der Waals surface area (Å²) >= 11 is 0. The lowest BCUT2D eigenvalue weighted by Gasteiger charge is -2.35. The number of ether oxygens (including phenoxy) is 2. The molecule has 0 amide bonds. The number of piperazine rings is 1. The van der Waals surface area contributed by atoms with Gasteiger partial charge in [-0.2, -0.15) is 5.26 Å². The lowest BCUT2D eigenvalue weighted by molar-refractivity contribution is 0.174. The first kappa shape index (κ1) is 16.8. The first-order valence-corrected chi connectivity index (χ1v) is 9.31. The highest BCUT2D eigenvalue weighted by molar-refractivity contribution is 5.86. The van der Waals surface area contributed by atoms with E-state index in [9.17, 15) is 5.26 Å². The van der Waals surface area contributed by atoms with Crippen LogP contribution in [0.1, 0.15) is 11.1 Å². The zero-order valence-electron chi connectivity index (χ0n) is 15.3. The van der Waals surface area contributed by atoms with E-state index in [0.717, 1.165) is 49.4 Å². The van der Waals surface area contributed by atoms with E-state index in [0.29, 0.717) is 17.1 Å². The van der Waals surface area contributed by atoms with Gasteiger partial charge in [0.05, 0.1) is 11.1 Å². The van der Waals surface area contributed by atoms with Crippen molar-refractivity contribution in [3.05, 3.63) is 53.9 Å². The van der Waals surface area contributed by atoms with Crippen molar-refractivity contribution in [3.8, 4) is 17.6 Å². The molecule has 3 aromatic rings. The van der Waals surface area contributed by atoms with Crippen molar-refractivity contribution in [2.75, 3.05) is 37.9 Å². The third-order valence-electron chi connectivity index (χ3n) is 5.21. The highest BCUT2D eigenvalue weighted by atomic mass is 16.7. The fourth-order valence-electron chi connectivity index (χ4n) is 3.74. The lowest BCUT2D eigenvalue weighted by atomic mass is 10.1. The summed E-state index contributed by atoms with van der Waals surface area (Å²) in [5.74, 6) is 2.15. The number of aromatic nitrogens is 2. The third-order valence-corrected chi connectivity index (χ3v) is 5.21. The molecule has 0 aliphatic carbocycles. The molecule has 7 heteroatoms. The molecule has 2 aliphatic heterocycles. The van der Waals surface area contributed by atoms with Crippen LogP contribution in [0.2, 0.25) is 0 Å². The van der Waals surface area contributed by atoms with Crippen LogP contribution in [0.4, 0.5) is 5.82 Å². The summed E-state index contributed by atoms with van der Waals surface area (Å²) in [4.78, 5) is 13.6. The van der Waals surface area contributed by atoms with Crippen LogP contribution in [0, 0.1) is 11.3 Å². The van der Waals surface area contributed by atoms with Gasteiger partial charge in [0.15, 0.2) is 11.5 Å². The number of nitrogens with zero attached hydrogens (tertiary/aromatic N) is 5. The van der Waals surface area contributed by atoms with E-state index < -0.39 is 0 Å². The fraction of sp³-hybridized carbons (Fsp3) is 0.286. The number of nitriles is 1. The molecule has 5 rings (SSSR count). The first-order valence-electron chi connectivity index (χ1n) is 9.31. The lowest BCUT2D eigenvalue weighted by Crippen LogP contribution is -2.46. The number of pyridine rings is 2. The van der Waals surface area contributed by atoms with Gasteiger partial charge in [0, 0.05) is 56.6 Å². The van der Waals surface area contributed by atoms with Crippen LogP contribution in [-0.4, -0.2) is 47.8 Å². The van der Waals surface area contributed by atoms with Crippen molar-refractivity contribution in [1.29, 1.82) is 5.26 Å². The molecule has 140 valence electrons. The third kappa shape index (κ3) is 3.08. The van der Waals surface area contributed by atoms with Crippen molar-refractivity contribution >= 4 is 16.7 Å². The Hall–Kier alpha value is -3.37. The maximum atomic E-state index is 9.66. The van der Waals surface area contributed by atoms with E-state index in [1.54, 1.807) is 6.20 Å². The van der Waals surface area contributed by atoms with Crippen LogP contribution in [0.15, 0.2) is 42.7 Å². The molecule has 0 N–H and O–H groups in total. The van der Waals surface area contributed by atoms with Gasteiger partial charge in [-0.3, -0.25) is 9.88 Å². The molecule has 1 fully saturated rings. The number of benzene rings is 1. The molecule has 1 saturated heterocycles. The van der Waals surface area contributed by atoms with Gasteiger partial charge in [0.1, 0.15) is 11.9 Å². The number of anilines is 1. The largest absolute Gasteiger partial charge is 0.454 e. The highest BCUT2D eigenvalue weighted by Crippen LogP contribution is 2.37. The molecule has 0 radical (unpaired) electrons. The Balaban J connectivity index is 1.37. The molecule has 0 unspecified atom stereocenters. The smallest absolute Gasteiger partial charge is 0.231 e. The minimum atomic E-state index is 0.225. The Kier molecular flexibility index (Phi) is 4.18. The predicted molar refractivity (Wildman–Crippen MR) is 104 cm³/mol. The topological polar surface area (TPSA) is 74.5 Å². The van der Waals surface area contributed by atoms with Crippen molar-refractivity contribution in [2.45, 2.75) is 6.54 Å². The van der Waals surface area contributed by atoms with Gasteiger partial charge in [0.2, 0.25) is 6.79 Å². The molecule has 1 aromatic carbocycles. The second-order valence-corrected chi connectivity index (χ2v) is 6.99. The molecular weight excluding hydrogens is 354 g/mol. The van der Waals surface area contributed by atoms with Crippen molar-refractivity contribution in [1.82, 2.24) is 14.9 Å². The van der Waals surface area contributed by atoms with Crippen molar-refractivity contribution in [2.24, 2.45) is 0 Å². The fourth-order valence-corrected chi connectivity index (χ4v) is 3.74. The normalized spacial score (nSPS) is 16.3. The monoisotopic (exact) mass is 373 g/mol.